The second-order valence-electron chi connectivity index (χ2n) is 8.86. The molecule has 2 aromatic heterocycles. The number of nitrogens with zero attached hydrogens (tertiary/aromatic N) is 4. The average Bonchev–Trinajstić information content (AvgIpc) is 2.82. The minimum absolute atomic E-state index is 0.0655. The van der Waals surface area contributed by atoms with Crippen LogP contribution in [0.3, 0.4) is 0 Å². The molecule has 10 nitrogen and oxygen atoms in total. The first-order valence-electron chi connectivity index (χ1n) is 10.9. The Bertz CT molecular complexity index is 1770. The zero-order valence-electron chi connectivity index (χ0n) is 17.9. The molecule has 0 spiro atoms. The molecule has 5 aromatic rings. The van der Waals surface area contributed by atoms with Crippen LogP contribution >= 0.6 is 0 Å². The van der Waals surface area contributed by atoms with Gasteiger partial charge in [-0.3, -0.25) is 0 Å². The van der Waals surface area contributed by atoms with Crippen molar-refractivity contribution in [3.05, 3.63) is 65.0 Å². The Morgan fingerprint density at radius 3 is 2.31 bits per heavy atom. The molecule has 172 valence electrons. The van der Waals surface area contributed by atoms with Gasteiger partial charge in [-0.15, -0.1) is 0 Å². The predicted octanol–water partition coefficient (Wildman–Crippen LogP) is 3.10. The fraction of sp³-hybridized carbons (Fsp3) is 0.160. The molecule has 0 fully saturated rings. The van der Waals surface area contributed by atoms with Gasteiger partial charge >= 0.3 is 5.97 Å². The van der Waals surface area contributed by atoms with Crippen LogP contribution in [0, 0.1) is 0 Å². The third-order valence-corrected chi connectivity index (χ3v) is 6.72. The minimum Gasteiger partial charge on any atom is -0.506 e. The molecule has 3 aromatic carbocycles. The number of aromatic carboxylic acids is 1. The number of aromatic hydroxyl groups is 2. The van der Waals surface area contributed by atoms with E-state index in [2.05, 4.69) is 19.9 Å². The number of rotatable bonds is 1. The molecular formula is C25H16N4O6. The summed E-state index contributed by atoms with van der Waals surface area (Å²) in [5, 5.41) is 41.9. The summed E-state index contributed by atoms with van der Waals surface area (Å²) < 4.78 is 6.03. The second-order valence-corrected chi connectivity index (χ2v) is 8.86. The highest BCUT2D eigenvalue weighted by molar-refractivity contribution is 6.05. The van der Waals surface area contributed by atoms with Crippen molar-refractivity contribution >= 4 is 39.1 Å². The number of carbonyl (C=O) groups is 1. The number of carboxylic acids is 1. The van der Waals surface area contributed by atoms with Crippen LogP contribution in [-0.2, 0) is 12.2 Å². The predicted molar refractivity (Wildman–Crippen MR) is 122 cm³/mol. The van der Waals surface area contributed by atoms with Crippen molar-refractivity contribution in [3.8, 4) is 17.2 Å². The summed E-state index contributed by atoms with van der Waals surface area (Å²) in [6.45, 7) is 0. The first-order valence-corrected chi connectivity index (χ1v) is 10.9. The van der Waals surface area contributed by atoms with Crippen LogP contribution in [0.4, 0.5) is 0 Å². The lowest BCUT2D eigenvalue weighted by atomic mass is 9.77. The van der Waals surface area contributed by atoms with E-state index in [4.69, 9.17) is 4.74 Å². The summed E-state index contributed by atoms with van der Waals surface area (Å²) in [6, 6.07) is 11.0. The molecule has 35 heavy (non-hydrogen) atoms. The van der Waals surface area contributed by atoms with E-state index >= 15 is 0 Å². The number of hydrogen-bond acceptors (Lipinski definition) is 9. The normalized spacial score (nSPS) is 20.4. The average molecular weight is 468 g/mol. The van der Waals surface area contributed by atoms with Crippen LogP contribution in [0.25, 0.3) is 33.1 Å². The lowest BCUT2D eigenvalue weighted by Gasteiger charge is -2.42. The van der Waals surface area contributed by atoms with Gasteiger partial charge in [0.25, 0.3) is 5.79 Å². The van der Waals surface area contributed by atoms with E-state index in [0.29, 0.717) is 34.2 Å². The zero-order chi connectivity index (χ0) is 24.1. The van der Waals surface area contributed by atoms with Gasteiger partial charge in [-0.05, 0) is 36.8 Å². The SMILES string of the molecule is O=C(O)c1cc2c(c3nc4cccc(O)c4nc13)C1Cc3nc4cccc(O)c4nc3C(O)(C1)O2. The summed E-state index contributed by atoms with van der Waals surface area (Å²) in [4.78, 5) is 30.4. The second kappa shape index (κ2) is 6.51. The number of benzene rings is 3. The fourth-order valence-electron chi connectivity index (χ4n) is 5.24. The van der Waals surface area contributed by atoms with Crippen molar-refractivity contribution in [3.63, 3.8) is 0 Å². The number of carboxylic acid groups (broad SMARTS) is 1. The molecule has 0 radical (unpaired) electrons. The Labute approximate surface area is 196 Å². The Kier molecular flexibility index (Phi) is 3.70. The Morgan fingerprint density at radius 2 is 1.60 bits per heavy atom. The number of phenolic OH excluding ortho intramolecular Hbond substituents is 2. The first kappa shape index (κ1) is 19.9. The van der Waals surface area contributed by atoms with Crippen LogP contribution in [0.1, 0.15) is 39.6 Å². The van der Waals surface area contributed by atoms with Crippen LogP contribution in [0.2, 0.25) is 0 Å². The number of hydrogen-bond donors (Lipinski definition) is 4. The quantitative estimate of drug-likeness (QED) is 0.269. The summed E-state index contributed by atoms with van der Waals surface area (Å²) in [5.41, 5.74) is 2.96. The lowest BCUT2D eigenvalue weighted by molar-refractivity contribution is -0.172. The molecule has 2 unspecified atom stereocenters. The van der Waals surface area contributed by atoms with E-state index in [1.807, 2.05) is 0 Å². The summed E-state index contributed by atoms with van der Waals surface area (Å²) >= 11 is 0. The third kappa shape index (κ3) is 2.65. The topological polar surface area (TPSA) is 159 Å². The number of fused-ring (bicyclic) bond motifs is 10. The highest BCUT2D eigenvalue weighted by Crippen LogP contribution is 2.52. The summed E-state index contributed by atoms with van der Waals surface area (Å²) in [5.74, 6) is -3.41. The van der Waals surface area contributed by atoms with E-state index in [1.54, 1.807) is 24.3 Å². The summed E-state index contributed by atoms with van der Waals surface area (Å²) in [7, 11) is 0. The molecule has 7 rings (SSSR count). The van der Waals surface area contributed by atoms with Gasteiger partial charge in [0.1, 0.15) is 39.5 Å². The van der Waals surface area contributed by atoms with E-state index in [9.17, 15) is 25.2 Å². The molecule has 0 saturated carbocycles. The van der Waals surface area contributed by atoms with Gasteiger partial charge in [-0.1, -0.05) is 12.1 Å². The summed E-state index contributed by atoms with van der Waals surface area (Å²) in [6.07, 6.45) is 0.538. The number of phenols is 2. The molecule has 1 aliphatic carbocycles. The molecule has 2 atom stereocenters. The Balaban J connectivity index is 1.52. The van der Waals surface area contributed by atoms with Crippen LogP contribution < -0.4 is 4.74 Å². The van der Waals surface area contributed by atoms with Crippen molar-refractivity contribution in [1.82, 2.24) is 19.9 Å². The van der Waals surface area contributed by atoms with Gasteiger partial charge in [0.15, 0.2) is 0 Å². The van der Waals surface area contributed by atoms with Crippen molar-refractivity contribution in [1.29, 1.82) is 0 Å². The molecule has 0 amide bonds. The van der Waals surface area contributed by atoms with Gasteiger partial charge in [0.2, 0.25) is 0 Å². The highest BCUT2D eigenvalue weighted by atomic mass is 16.6. The minimum atomic E-state index is -1.86. The van der Waals surface area contributed by atoms with E-state index in [0.717, 1.165) is 0 Å². The molecule has 2 aliphatic rings. The molecule has 4 N–H and O–H groups in total. The first-order chi connectivity index (χ1) is 16.8. The molecule has 2 bridgehead atoms. The smallest absolute Gasteiger partial charge is 0.338 e. The van der Waals surface area contributed by atoms with Gasteiger partial charge in [-0.2, -0.15) is 0 Å². The number of aliphatic hydroxyl groups is 1. The van der Waals surface area contributed by atoms with Gasteiger partial charge in [0.05, 0.1) is 27.8 Å². The lowest BCUT2D eigenvalue weighted by Crippen LogP contribution is -2.44. The number of ether oxygens (including phenoxy) is 1. The van der Waals surface area contributed by atoms with Crippen molar-refractivity contribution < 1.29 is 30.0 Å². The Hall–Kier alpha value is -4.57. The van der Waals surface area contributed by atoms with E-state index in [1.165, 1.54) is 18.2 Å². The van der Waals surface area contributed by atoms with Crippen molar-refractivity contribution in [2.75, 3.05) is 0 Å². The highest BCUT2D eigenvalue weighted by Gasteiger charge is 2.49. The van der Waals surface area contributed by atoms with Crippen molar-refractivity contribution in [2.45, 2.75) is 24.5 Å². The molecule has 1 aliphatic heterocycles. The maximum atomic E-state index is 12.1. The maximum Gasteiger partial charge on any atom is 0.338 e. The van der Waals surface area contributed by atoms with Crippen LogP contribution in [0.15, 0.2) is 42.5 Å². The number of para-hydroxylation sites is 2. The van der Waals surface area contributed by atoms with Crippen LogP contribution in [0.5, 0.6) is 17.2 Å². The molecule has 0 saturated heterocycles. The molecule has 10 heteroatoms. The largest absolute Gasteiger partial charge is 0.506 e. The fourth-order valence-corrected chi connectivity index (χ4v) is 5.24. The van der Waals surface area contributed by atoms with E-state index < -0.39 is 11.8 Å². The Morgan fingerprint density at radius 1 is 0.914 bits per heavy atom. The van der Waals surface area contributed by atoms with Crippen molar-refractivity contribution in [2.24, 2.45) is 0 Å². The molecular weight excluding hydrogens is 452 g/mol. The van der Waals surface area contributed by atoms with Gasteiger partial charge < -0.3 is 25.2 Å². The molecule has 3 heterocycles. The van der Waals surface area contributed by atoms with Gasteiger partial charge in [-0.25, -0.2) is 24.7 Å². The van der Waals surface area contributed by atoms with Gasteiger partial charge in [0, 0.05) is 17.9 Å². The monoisotopic (exact) mass is 468 g/mol. The zero-order valence-corrected chi connectivity index (χ0v) is 17.9. The number of aromatic nitrogens is 4. The maximum absolute atomic E-state index is 12.1. The van der Waals surface area contributed by atoms with Crippen LogP contribution in [-0.4, -0.2) is 46.3 Å². The standard InChI is InChI=1S/C25H16N4O6/c30-15-5-2-4-13-20(15)28-19-11(24(32)33)8-17-18(22(19)27-13)10-7-14-23(25(34,9-10)35-17)29-21-12(26-14)3-1-6-16(21)31/h1-6,8,10,30-31,34H,7,9H2,(H,32,33). The van der Waals surface area contributed by atoms with E-state index in [-0.39, 0.29) is 57.4 Å². The third-order valence-electron chi connectivity index (χ3n) is 6.72.